The molecule has 3 aromatic rings. The van der Waals surface area contributed by atoms with E-state index in [4.69, 9.17) is 0 Å². The van der Waals surface area contributed by atoms with Gasteiger partial charge in [0.05, 0.1) is 18.0 Å². The summed E-state index contributed by atoms with van der Waals surface area (Å²) < 4.78 is 43.0. The van der Waals surface area contributed by atoms with E-state index in [2.05, 4.69) is 9.30 Å². The number of rotatable bonds is 5. The van der Waals surface area contributed by atoms with Crippen LogP contribution in [0.1, 0.15) is 5.56 Å². The van der Waals surface area contributed by atoms with Crippen molar-refractivity contribution in [2.75, 3.05) is 41.7 Å². The fraction of sp³-hybridized carbons (Fsp3) is 0.231. The van der Waals surface area contributed by atoms with Gasteiger partial charge in [-0.15, -0.1) is 4.40 Å². The van der Waals surface area contributed by atoms with Crippen LogP contribution in [0, 0.1) is 5.82 Å². The quantitative estimate of drug-likeness (QED) is 0.503. The molecule has 10 heteroatoms. The second kappa shape index (κ2) is 10.3. The van der Waals surface area contributed by atoms with E-state index in [9.17, 15) is 17.6 Å². The fourth-order valence-corrected chi connectivity index (χ4v) is 6.66. The molecule has 0 N–H and O–H groups in total. The number of carbonyl (C=O) groups excluding carboxylic acids is 1. The Balaban J connectivity index is 1.28. The minimum atomic E-state index is -3.86. The van der Waals surface area contributed by atoms with Gasteiger partial charge in [-0.2, -0.15) is 8.42 Å². The largest absolute Gasteiger partial charge is 0.368 e. The normalized spacial score (nSPS) is 16.9. The number of benzene rings is 3. The van der Waals surface area contributed by atoms with Gasteiger partial charge in [0, 0.05) is 31.9 Å². The van der Waals surface area contributed by atoms with Crippen molar-refractivity contribution in [1.29, 1.82) is 0 Å². The number of amidine groups is 1. The maximum absolute atomic E-state index is 13.2. The number of amides is 1. The molecule has 5 rings (SSSR count). The zero-order valence-electron chi connectivity index (χ0n) is 19.5. The Kier molecular flexibility index (Phi) is 6.97. The number of piperazine rings is 1. The molecule has 1 fully saturated rings. The van der Waals surface area contributed by atoms with E-state index in [0.29, 0.717) is 38.4 Å². The maximum atomic E-state index is 13.2. The molecule has 1 amide bonds. The van der Waals surface area contributed by atoms with Crippen LogP contribution in [0.15, 0.2) is 88.2 Å². The van der Waals surface area contributed by atoms with E-state index in [-0.39, 0.29) is 27.5 Å². The van der Waals surface area contributed by atoms with Crippen molar-refractivity contribution < 1.29 is 17.6 Å². The highest BCUT2D eigenvalue weighted by Gasteiger charge is 2.32. The first-order chi connectivity index (χ1) is 17.4. The van der Waals surface area contributed by atoms with Gasteiger partial charge < -0.3 is 14.7 Å². The lowest BCUT2D eigenvalue weighted by molar-refractivity contribution is -0.128. The lowest BCUT2D eigenvalue weighted by atomic mass is 10.2. The predicted octanol–water partition coefficient (Wildman–Crippen LogP) is 3.97. The lowest BCUT2D eigenvalue weighted by Crippen LogP contribution is -2.49. The van der Waals surface area contributed by atoms with Crippen LogP contribution in [-0.2, 0) is 21.4 Å². The highest BCUT2D eigenvalue weighted by molar-refractivity contribution is 8.15. The molecule has 0 atom stereocenters. The summed E-state index contributed by atoms with van der Waals surface area (Å²) in [6.45, 7) is 2.80. The zero-order chi connectivity index (χ0) is 25.1. The smallest absolute Gasteiger partial charge is 0.286 e. The van der Waals surface area contributed by atoms with Gasteiger partial charge >= 0.3 is 0 Å². The van der Waals surface area contributed by atoms with E-state index >= 15 is 0 Å². The summed E-state index contributed by atoms with van der Waals surface area (Å²) in [6, 6.07) is 22.9. The number of anilines is 2. The molecular formula is C26H25FN4O3S2. The molecule has 2 heterocycles. The third kappa shape index (κ3) is 5.24. The Morgan fingerprint density at radius 1 is 0.889 bits per heavy atom. The van der Waals surface area contributed by atoms with Crippen molar-refractivity contribution in [3.8, 4) is 0 Å². The van der Waals surface area contributed by atoms with E-state index < -0.39 is 10.0 Å². The van der Waals surface area contributed by atoms with E-state index in [1.165, 1.54) is 12.1 Å². The number of hydrogen-bond donors (Lipinski definition) is 0. The van der Waals surface area contributed by atoms with E-state index in [1.54, 1.807) is 41.3 Å². The molecule has 0 aromatic heterocycles. The van der Waals surface area contributed by atoms with Crippen molar-refractivity contribution in [1.82, 2.24) is 4.90 Å². The summed E-state index contributed by atoms with van der Waals surface area (Å²) >= 11 is 1.14. The van der Waals surface area contributed by atoms with Gasteiger partial charge in [-0.3, -0.25) is 4.79 Å². The van der Waals surface area contributed by atoms with Gasteiger partial charge in [0.15, 0.2) is 5.17 Å². The maximum Gasteiger partial charge on any atom is 0.286 e. The summed E-state index contributed by atoms with van der Waals surface area (Å²) in [5, 5.41) is 0.288. The Morgan fingerprint density at radius 3 is 2.28 bits per heavy atom. The topological polar surface area (TPSA) is 73.3 Å². The molecule has 36 heavy (non-hydrogen) atoms. The second-order valence-electron chi connectivity index (χ2n) is 8.52. The first kappa shape index (κ1) is 24.3. The number of sulfonamides is 1. The number of para-hydroxylation sites is 1. The molecule has 0 aliphatic carbocycles. The summed E-state index contributed by atoms with van der Waals surface area (Å²) in [4.78, 5) is 18.9. The van der Waals surface area contributed by atoms with Gasteiger partial charge in [0.25, 0.3) is 10.0 Å². The Hall–Kier alpha value is -3.37. The minimum absolute atomic E-state index is 0.0719. The number of nitrogens with zero attached hydrogens (tertiary/aromatic N) is 4. The number of fused-ring (bicyclic) bond motifs is 1. The highest BCUT2D eigenvalue weighted by Crippen LogP contribution is 2.35. The summed E-state index contributed by atoms with van der Waals surface area (Å²) in [7, 11) is -3.86. The fourth-order valence-electron chi connectivity index (χ4n) is 4.31. The van der Waals surface area contributed by atoms with E-state index in [0.717, 1.165) is 23.0 Å². The molecule has 0 spiro atoms. The molecule has 2 aliphatic heterocycles. The van der Waals surface area contributed by atoms with Crippen LogP contribution in [0.5, 0.6) is 0 Å². The van der Waals surface area contributed by atoms with Crippen LogP contribution in [0.4, 0.5) is 15.8 Å². The highest BCUT2D eigenvalue weighted by atomic mass is 32.2. The molecule has 0 saturated carbocycles. The molecule has 0 bridgehead atoms. The van der Waals surface area contributed by atoms with Crippen LogP contribution in [0.3, 0.4) is 0 Å². The van der Waals surface area contributed by atoms with Crippen molar-refractivity contribution >= 4 is 44.2 Å². The molecule has 2 aliphatic rings. The number of carbonyl (C=O) groups is 1. The number of halogens is 1. The Morgan fingerprint density at radius 2 is 1.56 bits per heavy atom. The standard InChI is InChI=1S/C26H25FN4O3S2/c27-21-10-12-22(13-11-21)29-14-16-30(17-15-29)25(32)19-35-26-28-36(33,34)24-9-5-4-8-23(24)31(26)18-20-6-2-1-3-7-20/h1-13H,14-19H2. The zero-order valence-corrected chi connectivity index (χ0v) is 21.1. The number of hydrogen-bond acceptors (Lipinski definition) is 6. The third-order valence-corrected chi connectivity index (χ3v) is 8.59. The first-order valence-corrected chi connectivity index (χ1v) is 14.0. The van der Waals surface area contributed by atoms with Crippen LogP contribution < -0.4 is 9.80 Å². The summed E-state index contributed by atoms with van der Waals surface area (Å²) in [6.07, 6.45) is 0. The average Bonchev–Trinajstić information content (AvgIpc) is 2.90. The number of thioether (sulfide) groups is 1. The van der Waals surface area contributed by atoms with E-state index in [1.807, 2.05) is 35.2 Å². The third-order valence-electron chi connectivity index (χ3n) is 6.20. The molecule has 7 nitrogen and oxygen atoms in total. The minimum Gasteiger partial charge on any atom is -0.368 e. The van der Waals surface area contributed by atoms with Gasteiger partial charge in [0.2, 0.25) is 5.91 Å². The van der Waals surface area contributed by atoms with Crippen molar-refractivity contribution in [3.63, 3.8) is 0 Å². The Bertz CT molecular complexity index is 1370. The molecular weight excluding hydrogens is 499 g/mol. The van der Waals surface area contributed by atoms with Gasteiger partial charge in [0.1, 0.15) is 10.7 Å². The predicted molar refractivity (Wildman–Crippen MR) is 141 cm³/mol. The molecule has 1 saturated heterocycles. The molecule has 0 radical (unpaired) electrons. The van der Waals surface area contributed by atoms with Crippen molar-refractivity contribution in [3.05, 3.63) is 90.2 Å². The lowest BCUT2D eigenvalue weighted by Gasteiger charge is -2.36. The second-order valence-corrected chi connectivity index (χ2v) is 11.0. The van der Waals surface area contributed by atoms with Crippen LogP contribution in [-0.4, -0.2) is 56.3 Å². The van der Waals surface area contributed by atoms with Crippen LogP contribution in [0.2, 0.25) is 0 Å². The molecule has 186 valence electrons. The monoisotopic (exact) mass is 524 g/mol. The molecule has 0 unspecified atom stereocenters. The SMILES string of the molecule is O=C(CSC1=NS(=O)(=O)c2ccccc2N1Cc1ccccc1)N1CCN(c2ccc(F)cc2)CC1. The van der Waals surface area contributed by atoms with Crippen molar-refractivity contribution in [2.45, 2.75) is 11.4 Å². The van der Waals surface area contributed by atoms with Crippen molar-refractivity contribution in [2.24, 2.45) is 4.40 Å². The van der Waals surface area contributed by atoms with Gasteiger partial charge in [-0.05, 0) is 42.0 Å². The van der Waals surface area contributed by atoms with Crippen LogP contribution >= 0.6 is 11.8 Å². The summed E-state index contributed by atoms with van der Waals surface area (Å²) in [5.41, 5.74) is 2.48. The first-order valence-electron chi connectivity index (χ1n) is 11.6. The molecule has 3 aromatic carbocycles. The Labute approximate surface area is 214 Å². The average molecular weight is 525 g/mol. The summed E-state index contributed by atoms with van der Waals surface area (Å²) in [5.74, 6) is -0.267. The van der Waals surface area contributed by atoms with Gasteiger partial charge in [-0.1, -0.05) is 54.2 Å². The van der Waals surface area contributed by atoms with Gasteiger partial charge in [-0.25, -0.2) is 4.39 Å². The van der Waals surface area contributed by atoms with Crippen LogP contribution in [0.25, 0.3) is 0 Å².